The Morgan fingerprint density at radius 3 is 2.24 bits per heavy atom. The van der Waals surface area contributed by atoms with Gasteiger partial charge in [-0.2, -0.15) is 4.31 Å². The molecule has 186 valence electrons. The smallest absolute Gasteiger partial charge is 0.240 e. The Balaban J connectivity index is 2.22. The zero-order chi connectivity index (χ0) is 24.6. The fraction of sp³-hybridized carbons (Fsp3) is 0.667. The van der Waals surface area contributed by atoms with E-state index in [1.54, 1.807) is 16.7 Å². The van der Waals surface area contributed by atoms with Gasteiger partial charge in [-0.3, -0.25) is 9.59 Å². The molecule has 0 unspecified atom stereocenters. The summed E-state index contributed by atoms with van der Waals surface area (Å²) >= 11 is 5.97. The second-order valence-electron chi connectivity index (χ2n) is 9.18. The molecule has 0 bridgehead atoms. The summed E-state index contributed by atoms with van der Waals surface area (Å²) in [5.74, 6) is -0.152. The average molecular weight is 500 g/mol. The molecular weight excluding hydrogens is 462 g/mol. The molecule has 1 fully saturated rings. The molecule has 9 heteroatoms. The van der Waals surface area contributed by atoms with E-state index in [0.717, 1.165) is 5.56 Å². The van der Waals surface area contributed by atoms with Crippen molar-refractivity contribution < 1.29 is 18.0 Å². The Morgan fingerprint density at radius 1 is 1.12 bits per heavy atom. The molecule has 33 heavy (non-hydrogen) atoms. The maximum Gasteiger partial charge on any atom is 0.240 e. The van der Waals surface area contributed by atoms with Gasteiger partial charge in [-0.25, -0.2) is 8.42 Å². The number of hydrogen-bond acceptors (Lipinski definition) is 4. The molecule has 1 saturated heterocycles. The monoisotopic (exact) mass is 499 g/mol. The molecule has 1 aliphatic rings. The minimum atomic E-state index is -3.51. The molecule has 2 rings (SSSR count). The molecule has 0 aliphatic carbocycles. The summed E-state index contributed by atoms with van der Waals surface area (Å²) in [6, 6.07) is 9.65. The summed E-state index contributed by atoms with van der Waals surface area (Å²) in [7, 11) is -3.51. The van der Waals surface area contributed by atoms with Crippen LogP contribution in [0.1, 0.15) is 52.5 Å². The van der Waals surface area contributed by atoms with E-state index >= 15 is 0 Å². The number of likely N-dealkylation sites (tertiary alicyclic amines) is 1. The van der Waals surface area contributed by atoms with Gasteiger partial charge in [0.15, 0.2) is 0 Å². The van der Waals surface area contributed by atoms with Gasteiger partial charge in [0.1, 0.15) is 5.38 Å². The number of alkyl halides is 1. The third-order valence-electron chi connectivity index (χ3n) is 5.81. The quantitative estimate of drug-likeness (QED) is 0.437. The van der Waals surface area contributed by atoms with E-state index in [0.29, 0.717) is 45.4 Å². The molecule has 2 amide bonds. The number of amides is 2. The normalized spacial score (nSPS) is 16.3. The standard InChI is InChI=1S/C24H38ClN3O4S/c1-5-15-33(31,32)27(16-19(2)3)18-23(29)28(17-21-9-7-6-8-10-21)22-11-13-26(14-12-22)24(30)20(4)25/h6-10,19-20,22H,5,11-18H2,1-4H3/t20-/m1/s1. The van der Waals surface area contributed by atoms with Gasteiger partial charge < -0.3 is 9.80 Å². The van der Waals surface area contributed by atoms with E-state index in [4.69, 9.17) is 11.6 Å². The molecular formula is C24H38ClN3O4S. The van der Waals surface area contributed by atoms with Crippen LogP contribution in [0.25, 0.3) is 0 Å². The lowest BCUT2D eigenvalue weighted by Crippen LogP contribution is -2.52. The van der Waals surface area contributed by atoms with Crippen LogP contribution in [0.3, 0.4) is 0 Å². The SMILES string of the molecule is CCCS(=O)(=O)N(CC(=O)N(Cc1ccccc1)C1CCN(C(=O)[C@@H](C)Cl)CC1)CC(C)C. The molecule has 0 spiro atoms. The van der Waals surface area contributed by atoms with Crippen molar-refractivity contribution in [2.24, 2.45) is 5.92 Å². The minimum Gasteiger partial charge on any atom is -0.341 e. The molecule has 1 aliphatic heterocycles. The van der Waals surface area contributed by atoms with Crippen molar-refractivity contribution in [3.63, 3.8) is 0 Å². The van der Waals surface area contributed by atoms with Crippen molar-refractivity contribution >= 4 is 33.4 Å². The predicted octanol–water partition coefficient (Wildman–Crippen LogP) is 3.33. The van der Waals surface area contributed by atoms with Crippen molar-refractivity contribution in [1.29, 1.82) is 0 Å². The summed E-state index contributed by atoms with van der Waals surface area (Å²) in [6.45, 7) is 9.02. The highest BCUT2D eigenvalue weighted by molar-refractivity contribution is 7.89. The third kappa shape index (κ3) is 8.26. The van der Waals surface area contributed by atoms with Crippen LogP contribution in [0.2, 0.25) is 0 Å². The number of benzene rings is 1. The first-order chi connectivity index (χ1) is 15.5. The Bertz CT molecular complexity index is 869. The number of nitrogens with zero attached hydrogens (tertiary/aromatic N) is 3. The lowest BCUT2D eigenvalue weighted by molar-refractivity contribution is -0.137. The summed E-state index contributed by atoms with van der Waals surface area (Å²) in [5.41, 5.74) is 0.991. The topological polar surface area (TPSA) is 78.0 Å². The zero-order valence-electron chi connectivity index (χ0n) is 20.2. The highest BCUT2D eigenvalue weighted by atomic mass is 35.5. The molecule has 1 aromatic rings. The second kappa shape index (κ2) is 12.7. The van der Waals surface area contributed by atoms with Gasteiger partial charge in [0.05, 0.1) is 12.3 Å². The first-order valence-electron chi connectivity index (χ1n) is 11.8. The largest absolute Gasteiger partial charge is 0.341 e. The van der Waals surface area contributed by atoms with Crippen molar-refractivity contribution in [2.45, 2.75) is 64.9 Å². The Kier molecular flexibility index (Phi) is 10.6. The van der Waals surface area contributed by atoms with Crippen LogP contribution in [-0.4, -0.2) is 77.7 Å². The summed E-state index contributed by atoms with van der Waals surface area (Å²) in [4.78, 5) is 29.3. The van der Waals surface area contributed by atoms with Crippen molar-refractivity contribution in [2.75, 3.05) is 31.9 Å². The van der Waals surface area contributed by atoms with Gasteiger partial charge in [-0.15, -0.1) is 11.6 Å². The molecule has 0 aromatic heterocycles. The molecule has 1 atom stereocenters. The van der Waals surface area contributed by atoms with E-state index < -0.39 is 15.4 Å². The first-order valence-corrected chi connectivity index (χ1v) is 13.8. The van der Waals surface area contributed by atoms with Crippen LogP contribution >= 0.6 is 11.6 Å². The Hall–Kier alpha value is -1.64. The van der Waals surface area contributed by atoms with Crippen molar-refractivity contribution in [3.05, 3.63) is 35.9 Å². The van der Waals surface area contributed by atoms with Crippen LogP contribution in [0, 0.1) is 5.92 Å². The lowest BCUT2D eigenvalue weighted by atomic mass is 10.0. The van der Waals surface area contributed by atoms with Crippen molar-refractivity contribution in [1.82, 2.24) is 14.1 Å². The van der Waals surface area contributed by atoms with E-state index in [1.807, 2.05) is 51.1 Å². The molecule has 0 radical (unpaired) electrons. The van der Waals surface area contributed by atoms with Gasteiger partial charge in [0, 0.05) is 32.2 Å². The first kappa shape index (κ1) is 27.6. The zero-order valence-corrected chi connectivity index (χ0v) is 21.8. The summed E-state index contributed by atoms with van der Waals surface area (Å²) in [5, 5.41) is -0.572. The number of carbonyl (C=O) groups is 2. The number of sulfonamides is 1. The maximum atomic E-state index is 13.5. The fourth-order valence-electron chi connectivity index (χ4n) is 4.16. The number of halogens is 1. The van der Waals surface area contributed by atoms with Gasteiger partial charge in [-0.1, -0.05) is 51.1 Å². The van der Waals surface area contributed by atoms with Crippen LogP contribution < -0.4 is 0 Å². The van der Waals surface area contributed by atoms with E-state index in [9.17, 15) is 18.0 Å². The summed E-state index contributed by atoms with van der Waals surface area (Å²) < 4.78 is 27.0. The van der Waals surface area contributed by atoms with Gasteiger partial charge in [-0.05, 0) is 37.7 Å². The second-order valence-corrected chi connectivity index (χ2v) is 11.9. The molecule has 0 saturated carbocycles. The van der Waals surface area contributed by atoms with Crippen LogP contribution in [0.4, 0.5) is 0 Å². The molecule has 1 heterocycles. The number of piperidine rings is 1. The van der Waals surface area contributed by atoms with Gasteiger partial charge >= 0.3 is 0 Å². The third-order valence-corrected chi connectivity index (χ3v) is 7.98. The minimum absolute atomic E-state index is 0.0306. The highest BCUT2D eigenvalue weighted by Gasteiger charge is 2.33. The summed E-state index contributed by atoms with van der Waals surface area (Å²) in [6.07, 6.45) is 1.78. The van der Waals surface area contributed by atoms with Crippen LogP contribution in [-0.2, 0) is 26.2 Å². The van der Waals surface area contributed by atoms with Gasteiger partial charge in [0.25, 0.3) is 0 Å². The Morgan fingerprint density at radius 2 is 1.73 bits per heavy atom. The number of carbonyl (C=O) groups excluding carboxylic acids is 2. The fourth-order valence-corrected chi connectivity index (χ4v) is 5.91. The van der Waals surface area contributed by atoms with E-state index in [2.05, 4.69) is 0 Å². The van der Waals surface area contributed by atoms with Gasteiger partial charge in [0.2, 0.25) is 21.8 Å². The lowest BCUT2D eigenvalue weighted by Gasteiger charge is -2.39. The molecule has 7 nitrogen and oxygen atoms in total. The Labute approximate surface area is 204 Å². The van der Waals surface area contributed by atoms with Crippen LogP contribution in [0.15, 0.2) is 30.3 Å². The molecule has 0 N–H and O–H groups in total. The van der Waals surface area contributed by atoms with E-state index in [1.165, 1.54) is 4.31 Å². The predicted molar refractivity (Wildman–Crippen MR) is 132 cm³/mol. The number of hydrogen-bond donors (Lipinski definition) is 0. The van der Waals surface area contributed by atoms with E-state index in [-0.39, 0.29) is 36.1 Å². The average Bonchev–Trinajstić information content (AvgIpc) is 2.77. The molecule has 1 aromatic carbocycles. The highest BCUT2D eigenvalue weighted by Crippen LogP contribution is 2.22. The maximum absolute atomic E-state index is 13.5. The number of rotatable bonds is 11. The van der Waals surface area contributed by atoms with Crippen molar-refractivity contribution in [3.8, 4) is 0 Å². The van der Waals surface area contributed by atoms with Crippen LogP contribution in [0.5, 0.6) is 0 Å².